The van der Waals surface area contributed by atoms with Gasteiger partial charge >= 0.3 is 11.7 Å². The van der Waals surface area contributed by atoms with Crippen LogP contribution in [0.2, 0.25) is 0 Å². The molecule has 24 heavy (non-hydrogen) atoms. The number of carboxylic acid groups (broad SMARTS) is 1. The number of hydrogen-bond donors (Lipinski definition) is 3. The van der Waals surface area contributed by atoms with Crippen LogP contribution in [0.3, 0.4) is 0 Å². The summed E-state index contributed by atoms with van der Waals surface area (Å²) in [6, 6.07) is 0. The predicted molar refractivity (Wildman–Crippen MR) is 77.6 cm³/mol. The minimum atomic E-state index is -1.21. The number of aliphatic hydroxyl groups excluding tert-OH is 1. The largest absolute Gasteiger partial charge is 0.476 e. The molecule has 0 aromatic carbocycles. The third-order valence-corrected chi connectivity index (χ3v) is 3.79. The summed E-state index contributed by atoms with van der Waals surface area (Å²) in [4.78, 5) is 36.3. The van der Waals surface area contributed by atoms with Crippen LogP contribution in [0.4, 0.5) is 0 Å². The van der Waals surface area contributed by atoms with E-state index >= 15 is 0 Å². The molecule has 3 heterocycles. The van der Waals surface area contributed by atoms with Crippen molar-refractivity contribution >= 4 is 5.97 Å². The van der Waals surface area contributed by atoms with Gasteiger partial charge in [-0.1, -0.05) is 5.21 Å². The molecule has 0 bridgehead atoms. The number of aryl methyl sites for hydroxylation is 1. The minimum absolute atomic E-state index is 0.0784. The molecule has 0 amide bonds. The van der Waals surface area contributed by atoms with Crippen molar-refractivity contribution in [3.63, 3.8) is 0 Å². The first-order chi connectivity index (χ1) is 11.3. The molecule has 1 saturated heterocycles. The van der Waals surface area contributed by atoms with Crippen molar-refractivity contribution < 1.29 is 19.7 Å². The van der Waals surface area contributed by atoms with Crippen LogP contribution in [0.25, 0.3) is 0 Å². The van der Waals surface area contributed by atoms with Crippen LogP contribution < -0.4 is 11.2 Å². The number of aromatic amines is 1. The van der Waals surface area contributed by atoms with Crippen LogP contribution >= 0.6 is 0 Å². The summed E-state index contributed by atoms with van der Waals surface area (Å²) in [6.07, 6.45) is 0.428. The maximum Gasteiger partial charge on any atom is 0.358 e. The zero-order valence-electron chi connectivity index (χ0n) is 12.6. The Labute approximate surface area is 134 Å². The number of aromatic nitrogens is 5. The lowest BCUT2D eigenvalue weighted by Crippen LogP contribution is -2.33. The molecule has 3 rings (SSSR count). The van der Waals surface area contributed by atoms with Crippen LogP contribution in [0.15, 0.2) is 22.0 Å². The minimum Gasteiger partial charge on any atom is -0.476 e. The zero-order valence-corrected chi connectivity index (χ0v) is 12.6. The Balaban J connectivity index is 1.77. The van der Waals surface area contributed by atoms with Crippen molar-refractivity contribution in [3.05, 3.63) is 44.5 Å². The summed E-state index contributed by atoms with van der Waals surface area (Å²) in [7, 11) is 0. The molecule has 11 nitrogen and oxygen atoms in total. The van der Waals surface area contributed by atoms with E-state index in [2.05, 4.69) is 15.3 Å². The molecule has 0 spiro atoms. The van der Waals surface area contributed by atoms with Gasteiger partial charge < -0.3 is 14.9 Å². The van der Waals surface area contributed by atoms with Crippen LogP contribution in [0.5, 0.6) is 0 Å². The highest BCUT2D eigenvalue weighted by atomic mass is 16.5. The second kappa shape index (κ2) is 6.02. The van der Waals surface area contributed by atoms with Gasteiger partial charge in [0.05, 0.1) is 18.8 Å². The highest BCUT2D eigenvalue weighted by molar-refractivity contribution is 5.84. The van der Waals surface area contributed by atoms with Crippen molar-refractivity contribution in [2.75, 3.05) is 0 Å². The van der Waals surface area contributed by atoms with Crippen LogP contribution in [0.1, 0.15) is 28.7 Å². The summed E-state index contributed by atoms with van der Waals surface area (Å²) >= 11 is 0. The van der Waals surface area contributed by atoms with E-state index in [-0.39, 0.29) is 18.7 Å². The van der Waals surface area contributed by atoms with Crippen molar-refractivity contribution in [2.45, 2.75) is 38.3 Å². The molecular weight excluding hydrogens is 322 g/mol. The Kier molecular flexibility index (Phi) is 4.03. The molecule has 11 heteroatoms. The summed E-state index contributed by atoms with van der Waals surface area (Å²) < 4.78 is 8.13. The second-order valence-corrected chi connectivity index (χ2v) is 5.54. The summed E-state index contributed by atoms with van der Waals surface area (Å²) in [5, 5.41) is 26.1. The summed E-state index contributed by atoms with van der Waals surface area (Å²) in [5.74, 6) is -1.21. The van der Waals surface area contributed by atoms with Crippen molar-refractivity contribution in [1.29, 1.82) is 0 Å². The van der Waals surface area contributed by atoms with Gasteiger partial charge in [0.25, 0.3) is 5.56 Å². The van der Waals surface area contributed by atoms with E-state index in [4.69, 9.17) is 9.84 Å². The van der Waals surface area contributed by atoms with E-state index in [1.807, 2.05) is 0 Å². The number of nitrogens with zero attached hydrogens (tertiary/aromatic N) is 4. The van der Waals surface area contributed by atoms with Crippen LogP contribution in [-0.2, 0) is 11.3 Å². The number of aromatic carboxylic acids is 1. The first-order valence-corrected chi connectivity index (χ1v) is 7.14. The highest BCUT2D eigenvalue weighted by Gasteiger charge is 2.36. The molecule has 3 N–H and O–H groups in total. The van der Waals surface area contributed by atoms with Gasteiger partial charge in [0.1, 0.15) is 12.3 Å². The Morgan fingerprint density at radius 3 is 2.88 bits per heavy atom. The number of aliphatic hydroxyl groups is 1. The van der Waals surface area contributed by atoms with Crippen molar-refractivity contribution in [1.82, 2.24) is 24.5 Å². The number of rotatable bonds is 4. The lowest BCUT2D eigenvalue weighted by atomic mass is 10.2. The smallest absolute Gasteiger partial charge is 0.358 e. The van der Waals surface area contributed by atoms with Gasteiger partial charge in [0.15, 0.2) is 5.69 Å². The topological polar surface area (TPSA) is 152 Å². The molecule has 0 radical (unpaired) electrons. The number of carboxylic acids is 1. The maximum atomic E-state index is 11.9. The molecule has 128 valence electrons. The first kappa shape index (κ1) is 16.1. The first-order valence-electron chi connectivity index (χ1n) is 7.14. The third kappa shape index (κ3) is 2.98. The summed E-state index contributed by atoms with van der Waals surface area (Å²) in [5.41, 5.74) is -0.974. The maximum absolute atomic E-state index is 11.9. The van der Waals surface area contributed by atoms with E-state index in [1.54, 1.807) is 6.92 Å². The Morgan fingerprint density at radius 2 is 2.21 bits per heavy atom. The van der Waals surface area contributed by atoms with E-state index in [0.717, 1.165) is 0 Å². The van der Waals surface area contributed by atoms with Crippen LogP contribution in [-0.4, -0.2) is 52.9 Å². The Bertz CT molecular complexity index is 883. The third-order valence-electron chi connectivity index (χ3n) is 3.79. The predicted octanol–water partition coefficient (Wildman–Crippen LogP) is -1.52. The van der Waals surface area contributed by atoms with E-state index in [9.17, 15) is 19.5 Å². The second-order valence-electron chi connectivity index (χ2n) is 5.54. The normalized spacial score (nSPS) is 23.5. The van der Waals surface area contributed by atoms with Gasteiger partial charge in [0.2, 0.25) is 0 Å². The molecule has 0 saturated carbocycles. The molecule has 0 aliphatic carbocycles. The zero-order chi connectivity index (χ0) is 17.4. The average Bonchev–Trinajstić information content (AvgIpc) is 3.11. The van der Waals surface area contributed by atoms with Gasteiger partial charge in [-0.3, -0.25) is 14.3 Å². The van der Waals surface area contributed by atoms with E-state index in [0.29, 0.717) is 5.56 Å². The van der Waals surface area contributed by atoms with Gasteiger partial charge in [0, 0.05) is 18.2 Å². The molecule has 3 atom stereocenters. The molecule has 1 aliphatic rings. The molecule has 1 aliphatic heterocycles. The number of nitrogens with one attached hydrogen (secondary N) is 1. The fraction of sp³-hybridized carbons (Fsp3) is 0.462. The molecular formula is C13H15N5O6. The quantitative estimate of drug-likeness (QED) is 0.608. The van der Waals surface area contributed by atoms with E-state index in [1.165, 1.54) is 21.6 Å². The average molecular weight is 337 g/mol. The fourth-order valence-corrected chi connectivity index (χ4v) is 2.52. The molecule has 1 fully saturated rings. The number of hydrogen-bond acceptors (Lipinski definition) is 7. The number of ether oxygens (including phenoxy) is 1. The molecule has 2 aromatic rings. The van der Waals surface area contributed by atoms with Gasteiger partial charge in [-0.2, -0.15) is 0 Å². The number of H-pyrrole nitrogens is 1. The Hall–Kier alpha value is -2.79. The van der Waals surface area contributed by atoms with E-state index < -0.39 is 35.7 Å². The van der Waals surface area contributed by atoms with Crippen molar-refractivity contribution in [2.24, 2.45) is 0 Å². The molecule has 2 aromatic heterocycles. The van der Waals surface area contributed by atoms with Gasteiger partial charge in [-0.15, -0.1) is 5.10 Å². The summed E-state index contributed by atoms with van der Waals surface area (Å²) in [6.45, 7) is 1.63. The lowest BCUT2D eigenvalue weighted by Gasteiger charge is -2.16. The monoisotopic (exact) mass is 337 g/mol. The fourth-order valence-electron chi connectivity index (χ4n) is 2.52. The lowest BCUT2D eigenvalue weighted by molar-refractivity contribution is -0.0302. The van der Waals surface area contributed by atoms with Gasteiger partial charge in [-0.05, 0) is 6.92 Å². The Morgan fingerprint density at radius 1 is 1.46 bits per heavy atom. The SMILES string of the molecule is Cc1cn([C@H]2CC(O)[C@@H](Cn3cc(C(=O)O)nn3)O2)c(=O)[nH]c1=O. The molecule has 1 unspecified atom stereocenters. The van der Waals surface area contributed by atoms with Crippen LogP contribution in [0, 0.1) is 6.92 Å². The standard InChI is InChI=1S/C13H15N5O6/c1-6-3-18(13(23)14-11(6)20)10-2-8(19)9(24-10)5-17-4-7(12(21)22)15-16-17/h3-4,8-10,19H,2,5H2,1H3,(H,21,22)(H,14,20,23)/t8?,9-,10-/m1/s1. The van der Waals surface area contributed by atoms with Gasteiger partial charge in [-0.25, -0.2) is 14.3 Å². The van der Waals surface area contributed by atoms with Crippen molar-refractivity contribution in [3.8, 4) is 0 Å². The highest BCUT2D eigenvalue weighted by Crippen LogP contribution is 2.28. The number of carbonyl (C=O) groups is 1.